The largest absolute Gasteiger partial charge is 0.495 e. The van der Waals surface area contributed by atoms with Gasteiger partial charge in [-0.3, -0.25) is 0 Å². The average Bonchev–Trinajstić information content (AvgIpc) is 3.87. The summed E-state index contributed by atoms with van der Waals surface area (Å²) in [5, 5.41) is 0. The van der Waals surface area contributed by atoms with E-state index in [1.807, 2.05) is 140 Å². The van der Waals surface area contributed by atoms with E-state index in [0.717, 1.165) is 68.7 Å². The molecule has 12 nitrogen and oxygen atoms in total. The minimum Gasteiger partial charge on any atom is -0.348 e. The van der Waals surface area contributed by atoms with Crippen LogP contribution >= 0.6 is 0 Å². The molecule has 9 rings (SSSR count). The van der Waals surface area contributed by atoms with Crippen LogP contribution in [0.1, 0.15) is 79.8 Å². The van der Waals surface area contributed by atoms with Crippen LogP contribution in [0.15, 0.2) is 91.4 Å². The Labute approximate surface area is 372 Å². The molecule has 7 aromatic rings. The first-order valence-corrected chi connectivity index (χ1v) is 19.8. The van der Waals surface area contributed by atoms with Crippen LogP contribution in [0.2, 0.25) is 0 Å². The first-order chi connectivity index (χ1) is 28.4. The summed E-state index contributed by atoms with van der Waals surface area (Å²) < 4.78 is 11.5. The van der Waals surface area contributed by atoms with Crippen LogP contribution in [0, 0.1) is 24.5 Å². The maximum atomic E-state index is 4.72. The van der Waals surface area contributed by atoms with Gasteiger partial charge in [-0.1, -0.05) is 98.4 Å². The number of rotatable bonds is 3. The summed E-state index contributed by atoms with van der Waals surface area (Å²) in [6.45, 7) is 19.0. The Morgan fingerprint density at radius 1 is 0.541 bits per heavy atom. The molecular weight excluding hydrogens is 937 g/mol. The summed E-state index contributed by atoms with van der Waals surface area (Å²) >= 11 is 0. The zero-order chi connectivity index (χ0) is 43.0. The van der Waals surface area contributed by atoms with E-state index in [1.165, 1.54) is 0 Å². The third kappa shape index (κ3) is 9.56. The standard InChI is InChI=1S/3C16H17N4.Ir/c3*1-16(2,3)15-17-10-13-14(18-15)20(11-19(13)4)12-8-6-5-7-9-12;/h3*5-8,10H,1-4H3;/q-1;2*+1;. The van der Waals surface area contributed by atoms with E-state index in [1.54, 1.807) is 0 Å². The molecule has 0 fully saturated rings. The zero-order valence-electron chi connectivity index (χ0n) is 36.9. The molecule has 4 aromatic heterocycles. The summed E-state index contributed by atoms with van der Waals surface area (Å²) in [6.07, 6.45) is 8.83. The van der Waals surface area contributed by atoms with E-state index in [9.17, 15) is 0 Å². The fraction of sp³-hybridized carbons (Fsp3) is 0.312. The monoisotopic (exact) mass is 988 g/mol. The molecule has 0 N–H and O–H groups in total. The minimum atomic E-state index is -0.0811. The zero-order valence-corrected chi connectivity index (χ0v) is 39.3. The van der Waals surface area contributed by atoms with Crippen LogP contribution in [-0.2, 0) is 43.4 Å². The van der Waals surface area contributed by atoms with Crippen molar-refractivity contribution in [3.8, 4) is 5.69 Å². The van der Waals surface area contributed by atoms with Gasteiger partial charge in [-0.15, -0.1) is 17.1 Å². The molecular formula is C48H51IrN12+. The van der Waals surface area contributed by atoms with Crippen LogP contribution in [0.25, 0.3) is 16.9 Å². The van der Waals surface area contributed by atoms with E-state index in [2.05, 4.69) is 114 Å². The molecule has 61 heavy (non-hydrogen) atoms. The molecule has 0 bridgehead atoms. The normalized spacial score (nSPS) is 13.0. The molecule has 0 aliphatic carbocycles. The van der Waals surface area contributed by atoms with Crippen molar-refractivity contribution in [2.75, 3.05) is 14.1 Å². The number of para-hydroxylation sites is 3. The van der Waals surface area contributed by atoms with Gasteiger partial charge < -0.3 is 9.13 Å². The molecule has 2 aliphatic rings. The van der Waals surface area contributed by atoms with Crippen molar-refractivity contribution in [1.82, 2.24) is 43.6 Å². The second kappa shape index (κ2) is 17.4. The average molecular weight is 988 g/mol. The maximum Gasteiger partial charge on any atom is 0.495 e. The SMILES string of the molecule is C[N+]1=C=[N+](c2[c-]cccc2)c2nc(C(C)(C)C)ncc21.C[N+]1=C=[N+](c2[c-]cccc2)c2nc(C(C)(C)C)ncc21.Cn1[c-][n+](-c2[c-]cccc2)c2nc(C(C)(C)C)ncc21.[Ir]. The van der Waals surface area contributed by atoms with Gasteiger partial charge in [-0.2, -0.15) is 76.7 Å². The first kappa shape index (κ1) is 44.3. The number of benzene rings is 3. The predicted octanol–water partition coefficient (Wildman–Crippen LogP) is 7.88. The van der Waals surface area contributed by atoms with Gasteiger partial charge in [-0.25, -0.2) is 15.0 Å². The number of fused-ring (bicyclic) bond motifs is 3. The second-order valence-electron chi connectivity index (χ2n) is 17.7. The minimum absolute atomic E-state index is 0. The Kier molecular flexibility index (Phi) is 12.6. The Balaban J connectivity index is 0.000000152. The molecule has 0 saturated heterocycles. The Morgan fingerprint density at radius 2 is 0.934 bits per heavy atom. The molecule has 0 atom stereocenters. The van der Waals surface area contributed by atoms with E-state index < -0.39 is 0 Å². The van der Waals surface area contributed by atoms with Crippen molar-refractivity contribution >= 4 is 57.6 Å². The van der Waals surface area contributed by atoms with Crippen LogP contribution < -0.4 is 13.7 Å². The van der Waals surface area contributed by atoms with Crippen molar-refractivity contribution in [3.63, 3.8) is 0 Å². The smallest absolute Gasteiger partial charge is 0.348 e. The van der Waals surface area contributed by atoms with Gasteiger partial charge in [0.2, 0.25) is 0 Å². The first-order valence-electron chi connectivity index (χ1n) is 19.8. The molecule has 0 saturated carbocycles. The fourth-order valence-electron chi connectivity index (χ4n) is 6.21. The van der Waals surface area contributed by atoms with Gasteiger partial charge in [0, 0.05) is 49.6 Å². The van der Waals surface area contributed by atoms with E-state index in [0.29, 0.717) is 0 Å². The van der Waals surface area contributed by atoms with E-state index in [-0.39, 0.29) is 36.4 Å². The molecule has 1 radical (unpaired) electrons. The molecule has 0 amide bonds. The van der Waals surface area contributed by atoms with Gasteiger partial charge in [0.25, 0.3) is 0 Å². The Hall–Kier alpha value is -6.22. The van der Waals surface area contributed by atoms with Crippen LogP contribution in [0.5, 0.6) is 0 Å². The van der Waals surface area contributed by atoms with Crippen LogP contribution in [0.3, 0.4) is 0 Å². The number of nitrogens with zero attached hydrogens (tertiary/aromatic N) is 12. The Morgan fingerprint density at radius 3 is 1.33 bits per heavy atom. The van der Waals surface area contributed by atoms with Crippen LogP contribution in [0.4, 0.5) is 34.4 Å². The van der Waals surface area contributed by atoms with Crippen molar-refractivity contribution < 1.29 is 33.8 Å². The summed E-state index contributed by atoms with van der Waals surface area (Å²) in [5.41, 5.74) is 6.26. The van der Waals surface area contributed by atoms with Crippen molar-refractivity contribution in [2.45, 2.75) is 78.6 Å². The molecule has 2 aliphatic heterocycles. The van der Waals surface area contributed by atoms with E-state index in [4.69, 9.17) is 15.0 Å². The number of hydrogen-bond donors (Lipinski definition) is 0. The third-order valence-corrected chi connectivity index (χ3v) is 9.53. The maximum absolute atomic E-state index is 4.72. The van der Waals surface area contributed by atoms with Crippen molar-refractivity contribution in [2.24, 2.45) is 7.05 Å². The second-order valence-corrected chi connectivity index (χ2v) is 17.7. The number of aryl methyl sites for hydroxylation is 1. The summed E-state index contributed by atoms with van der Waals surface area (Å²) in [4.78, 5) is 27.6. The summed E-state index contributed by atoms with van der Waals surface area (Å²) in [6, 6.07) is 39.6. The van der Waals surface area contributed by atoms with Gasteiger partial charge in [0.15, 0.2) is 31.9 Å². The summed E-state index contributed by atoms with van der Waals surface area (Å²) in [7, 11) is 5.84. The van der Waals surface area contributed by atoms with Gasteiger partial charge in [0.1, 0.15) is 35.4 Å². The van der Waals surface area contributed by atoms with Crippen molar-refractivity contribution in [3.05, 3.63) is 133 Å². The third-order valence-electron chi connectivity index (χ3n) is 9.53. The van der Waals surface area contributed by atoms with Gasteiger partial charge in [-0.05, 0) is 0 Å². The van der Waals surface area contributed by atoms with Crippen molar-refractivity contribution in [1.29, 1.82) is 0 Å². The fourth-order valence-corrected chi connectivity index (χ4v) is 6.21. The van der Waals surface area contributed by atoms with Gasteiger partial charge >= 0.3 is 35.0 Å². The number of hydrogen-bond acceptors (Lipinski definition) is 6. The molecule has 0 unspecified atom stereocenters. The van der Waals surface area contributed by atoms with E-state index >= 15 is 0 Å². The topological polar surface area (TPSA) is 98.2 Å². The summed E-state index contributed by atoms with van der Waals surface area (Å²) in [5.74, 6) is 4.20. The molecule has 311 valence electrons. The number of aromatic nitrogens is 8. The quantitative estimate of drug-likeness (QED) is 0.132. The number of imidazole rings is 1. The molecule has 13 heteroatoms. The Bertz CT molecular complexity index is 2720. The van der Waals surface area contributed by atoms with Crippen LogP contribution in [-0.4, -0.2) is 69.7 Å². The predicted molar refractivity (Wildman–Crippen MR) is 233 cm³/mol. The molecule has 3 aromatic carbocycles. The van der Waals surface area contributed by atoms with Gasteiger partial charge in [0.05, 0.1) is 5.52 Å². The molecule has 6 heterocycles. The molecule has 0 spiro atoms.